The van der Waals surface area contributed by atoms with E-state index in [1.54, 1.807) is 11.3 Å². The van der Waals surface area contributed by atoms with Crippen LogP contribution in [0.25, 0.3) is 0 Å². The zero-order valence-electron chi connectivity index (χ0n) is 12.4. The van der Waals surface area contributed by atoms with Crippen molar-refractivity contribution in [3.05, 3.63) is 29.3 Å². The van der Waals surface area contributed by atoms with Gasteiger partial charge in [-0.1, -0.05) is 25.0 Å². The molecule has 1 aliphatic carbocycles. The van der Waals surface area contributed by atoms with Crippen LogP contribution in [0.1, 0.15) is 49.7 Å². The fourth-order valence-electron chi connectivity index (χ4n) is 4.70. The third kappa shape index (κ3) is 2.14. The van der Waals surface area contributed by atoms with E-state index in [0.717, 1.165) is 25.0 Å². The van der Waals surface area contributed by atoms with E-state index in [0.29, 0.717) is 0 Å². The lowest BCUT2D eigenvalue weighted by atomic mass is 9.78. The van der Waals surface area contributed by atoms with Gasteiger partial charge < -0.3 is 10.2 Å². The molecule has 2 aliphatic heterocycles. The molecule has 1 aromatic rings. The Kier molecular flexibility index (Phi) is 3.43. The van der Waals surface area contributed by atoms with Crippen LogP contribution in [-0.4, -0.2) is 19.1 Å². The van der Waals surface area contributed by atoms with E-state index in [4.69, 9.17) is 0 Å². The summed E-state index contributed by atoms with van der Waals surface area (Å²) in [4.78, 5) is 2.79. The molecule has 2 heterocycles. The van der Waals surface area contributed by atoms with Crippen LogP contribution in [0.3, 0.4) is 0 Å². The summed E-state index contributed by atoms with van der Waals surface area (Å²) in [5.41, 5.74) is 4.74. The topological polar surface area (TPSA) is 15.3 Å². The predicted molar refractivity (Wildman–Crippen MR) is 84.2 cm³/mol. The first kappa shape index (κ1) is 12.7. The lowest BCUT2D eigenvalue weighted by Gasteiger charge is -2.46. The first-order valence-corrected chi connectivity index (χ1v) is 8.51. The highest BCUT2D eigenvalue weighted by Gasteiger charge is 2.34. The van der Waals surface area contributed by atoms with Gasteiger partial charge in [0.25, 0.3) is 0 Å². The molecule has 0 spiro atoms. The van der Waals surface area contributed by atoms with Gasteiger partial charge in [-0.25, -0.2) is 0 Å². The number of anilines is 1. The second-order valence-electron chi connectivity index (χ2n) is 6.79. The molecule has 1 aromatic carbocycles. The lowest BCUT2D eigenvalue weighted by molar-refractivity contribution is 0.243. The number of hydrogen-bond acceptors (Lipinski definition) is 2. The molecule has 2 atom stereocenters. The van der Waals surface area contributed by atoms with Crippen molar-refractivity contribution in [3.8, 4) is 0 Å². The molecule has 1 saturated heterocycles. The van der Waals surface area contributed by atoms with Gasteiger partial charge in [0, 0.05) is 24.8 Å². The van der Waals surface area contributed by atoms with Crippen molar-refractivity contribution in [2.75, 3.05) is 18.0 Å². The Bertz CT molecular complexity index is 480. The molecule has 0 bridgehead atoms. The average Bonchev–Trinajstić information content (AvgIpc) is 2.54. The molecule has 108 valence electrons. The second-order valence-corrected chi connectivity index (χ2v) is 6.79. The summed E-state index contributed by atoms with van der Waals surface area (Å²) in [6.45, 7) is 3.49. The van der Waals surface area contributed by atoms with Crippen molar-refractivity contribution in [3.63, 3.8) is 0 Å². The second kappa shape index (κ2) is 5.40. The smallest absolute Gasteiger partial charge is 0.0405 e. The summed E-state index contributed by atoms with van der Waals surface area (Å²) < 4.78 is 0. The van der Waals surface area contributed by atoms with Gasteiger partial charge in [0.15, 0.2) is 0 Å². The van der Waals surface area contributed by atoms with Crippen molar-refractivity contribution >= 4 is 5.69 Å². The minimum atomic E-state index is 0.832. The van der Waals surface area contributed by atoms with Crippen molar-refractivity contribution in [2.24, 2.45) is 5.92 Å². The van der Waals surface area contributed by atoms with Crippen LogP contribution < -0.4 is 10.2 Å². The van der Waals surface area contributed by atoms with E-state index >= 15 is 0 Å². The Balaban J connectivity index is 1.69. The summed E-state index contributed by atoms with van der Waals surface area (Å²) in [5, 5.41) is 3.51. The molecular weight excluding hydrogens is 244 g/mol. The summed E-state index contributed by atoms with van der Waals surface area (Å²) >= 11 is 0. The molecule has 2 unspecified atom stereocenters. The van der Waals surface area contributed by atoms with Crippen LogP contribution in [0.5, 0.6) is 0 Å². The molecule has 0 radical (unpaired) electrons. The molecule has 0 amide bonds. The van der Waals surface area contributed by atoms with Gasteiger partial charge in [-0.3, -0.25) is 0 Å². The standard InChI is InChI=1S/C18H26N2/c1-2-8-17-14(5-1)7-4-12-20(17)18-9-3-6-15-13-19-11-10-16(15)18/h3,6,9,14,17,19H,1-2,4-5,7-8,10-13H2. The third-order valence-corrected chi connectivity index (χ3v) is 5.67. The number of hydrogen-bond donors (Lipinski definition) is 1. The van der Waals surface area contributed by atoms with Crippen LogP contribution in [0.15, 0.2) is 18.2 Å². The van der Waals surface area contributed by atoms with Crippen LogP contribution in [0.4, 0.5) is 5.69 Å². The zero-order chi connectivity index (χ0) is 13.4. The molecule has 0 aromatic heterocycles. The van der Waals surface area contributed by atoms with Crippen LogP contribution in [0, 0.1) is 5.92 Å². The van der Waals surface area contributed by atoms with Crippen LogP contribution in [0.2, 0.25) is 0 Å². The Morgan fingerprint density at radius 3 is 2.95 bits per heavy atom. The molecular formula is C18H26N2. The van der Waals surface area contributed by atoms with Gasteiger partial charge in [0.05, 0.1) is 0 Å². The maximum atomic E-state index is 3.51. The van der Waals surface area contributed by atoms with Crippen molar-refractivity contribution in [2.45, 2.75) is 57.5 Å². The summed E-state index contributed by atoms with van der Waals surface area (Å²) in [5.74, 6) is 0.968. The van der Waals surface area contributed by atoms with Crippen molar-refractivity contribution in [1.29, 1.82) is 0 Å². The predicted octanol–water partition coefficient (Wildman–Crippen LogP) is 3.49. The largest absolute Gasteiger partial charge is 0.368 e. The van der Waals surface area contributed by atoms with Crippen molar-refractivity contribution in [1.82, 2.24) is 5.32 Å². The maximum Gasteiger partial charge on any atom is 0.0405 e. The van der Waals surface area contributed by atoms with Crippen LogP contribution in [-0.2, 0) is 13.0 Å². The van der Waals surface area contributed by atoms with E-state index in [1.807, 2.05) is 0 Å². The highest BCUT2D eigenvalue weighted by molar-refractivity contribution is 5.58. The minimum Gasteiger partial charge on any atom is -0.368 e. The van der Waals surface area contributed by atoms with E-state index in [1.165, 1.54) is 57.1 Å². The van der Waals surface area contributed by atoms with E-state index in [2.05, 4.69) is 28.4 Å². The fraction of sp³-hybridized carbons (Fsp3) is 0.667. The summed E-state index contributed by atoms with van der Waals surface area (Å²) in [7, 11) is 0. The molecule has 3 aliphatic rings. The van der Waals surface area contributed by atoms with Gasteiger partial charge in [-0.05, 0) is 61.8 Å². The van der Waals surface area contributed by atoms with Gasteiger partial charge in [0.2, 0.25) is 0 Å². The Morgan fingerprint density at radius 2 is 1.95 bits per heavy atom. The van der Waals surface area contributed by atoms with E-state index < -0.39 is 0 Å². The van der Waals surface area contributed by atoms with E-state index in [-0.39, 0.29) is 0 Å². The number of fused-ring (bicyclic) bond motifs is 2. The van der Waals surface area contributed by atoms with Gasteiger partial charge in [0.1, 0.15) is 0 Å². The van der Waals surface area contributed by atoms with Crippen molar-refractivity contribution < 1.29 is 0 Å². The highest BCUT2D eigenvalue weighted by atomic mass is 15.2. The first-order valence-electron chi connectivity index (χ1n) is 8.51. The number of rotatable bonds is 1. The Hall–Kier alpha value is -1.02. The average molecular weight is 270 g/mol. The molecule has 2 heteroatoms. The fourth-order valence-corrected chi connectivity index (χ4v) is 4.70. The Morgan fingerprint density at radius 1 is 1.05 bits per heavy atom. The van der Waals surface area contributed by atoms with Gasteiger partial charge in [-0.2, -0.15) is 0 Å². The summed E-state index contributed by atoms with van der Waals surface area (Å²) in [6.07, 6.45) is 9.87. The third-order valence-electron chi connectivity index (χ3n) is 5.67. The number of piperidine rings is 1. The number of nitrogens with zero attached hydrogens (tertiary/aromatic N) is 1. The molecule has 2 nitrogen and oxygen atoms in total. The SMILES string of the molecule is c1cc2c(c(N3CCCC4CCCCC43)c1)CCNC2. The van der Waals surface area contributed by atoms with Gasteiger partial charge in [-0.15, -0.1) is 0 Å². The molecule has 1 saturated carbocycles. The molecule has 1 N–H and O–H groups in total. The molecule has 4 rings (SSSR count). The number of benzene rings is 1. The zero-order valence-corrected chi connectivity index (χ0v) is 12.4. The number of nitrogens with one attached hydrogen (secondary N) is 1. The van der Waals surface area contributed by atoms with E-state index in [9.17, 15) is 0 Å². The minimum absolute atomic E-state index is 0.832. The highest BCUT2D eigenvalue weighted by Crippen LogP contribution is 2.39. The summed E-state index contributed by atoms with van der Waals surface area (Å²) in [6, 6.07) is 7.81. The lowest BCUT2D eigenvalue weighted by Crippen LogP contribution is -2.47. The maximum absolute atomic E-state index is 3.51. The normalized spacial score (nSPS) is 29.7. The molecule has 20 heavy (non-hydrogen) atoms. The Labute approximate surface area is 122 Å². The van der Waals surface area contributed by atoms with Gasteiger partial charge >= 0.3 is 0 Å². The monoisotopic (exact) mass is 270 g/mol. The quantitative estimate of drug-likeness (QED) is 0.840. The first-order chi connectivity index (χ1) is 9.93. The van der Waals surface area contributed by atoms with Crippen LogP contribution >= 0.6 is 0 Å². The molecule has 2 fully saturated rings.